The molecule has 329 valence electrons. The fraction of sp³-hybridized carbons (Fsp3) is 0.706. The number of Topliss-reactive ketones (excluding diaryl/α,β-unsaturated/α-hetero) is 1. The fourth-order valence-corrected chi connectivity index (χ4v) is 7.48. The maximum atomic E-state index is 13.3. The predicted octanol–water partition coefficient (Wildman–Crippen LogP) is -0.149. The molecule has 58 heavy (non-hydrogen) atoms. The first kappa shape index (κ1) is 54.0. The molecule has 1 saturated heterocycles. The van der Waals surface area contributed by atoms with E-state index < -0.39 is 90.0 Å². The van der Waals surface area contributed by atoms with Gasteiger partial charge in [0, 0.05) is 63.9 Å². The summed E-state index contributed by atoms with van der Waals surface area (Å²) >= 11 is 3.30. The molecule has 0 aromatic heterocycles. The van der Waals surface area contributed by atoms with Gasteiger partial charge >= 0.3 is 46.3 Å². The summed E-state index contributed by atoms with van der Waals surface area (Å²) in [6.45, 7) is 1.92. The fourth-order valence-electron chi connectivity index (χ4n) is 5.60. The molecule has 1 rings (SSSR count). The van der Waals surface area contributed by atoms with Crippen molar-refractivity contribution in [3.05, 3.63) is 0 Å². The normalized spacial score (nSPS) is 16.0. The minimum absolute atomic E-state index is 0.00228. The van der Waals surface area contributed by atoms with Crippen LogP contribution in [0, 0.1) is 0 Å². The third-order valence-corrected chi connectivity index (χ3v) is 11.1. The number of carboxylic acids is 3. The number of urea groups is 1. The number of unbranched alkanes of at least 4 members (excludes halogenated alkanes) is 2. The van der Waals surface area contributed by atoms with Gasteiger partial charge in [-0.1, -0.05) is 6.42 Å². The maximum absolute atomic E-state index is 13.3. The molecule has 1 aliphatic heterocycles. The first-order valence-corrected chi connectivity index (χ1v) is 21.2. The number of amides is 6. The first-order valence-electron chi connectivity index (χ1n) is 18.0. The van der Waals surface area contributed by atoms with Crippen LogP contribution in [0.5, 0.6) is 0 Å². The van der Waals surface area contributed by atoms with Gasteiger partial charge in [-0.3, -0.25) is 43.3 Å². The summed E-state index contributed by atoms with van der Waals surface area (Å²) in [5.41, 5.74) is 0. The zero-order valence-electron chi connectivity index (χ0n) is 33.0. The molecule has 0 aromatic rings. The molecular weight excluding hydrogens is 895 g/mol. The quantitative estimate of drug-likeness (QED) is 0.0246. The predicted molar refractivity (Wildman–Crippen MR) is 204 cm³/mol. The van der Waals surface area contributed by atoms with Crippen LogP contribution >= 0.6 is 23.5 Å². The van der Waals surface area contributed by atoms with Crippen LogP contribution in [0.25, 0.3) is 0 Å². The molecule has 21 nitrogen and oxygen atoms in total. The van der Waals surface area contributed by atoms with Crippen molar-refractivity contribution in [1.29, 1.82) is 0 Å². The molecule has 0 spiro atoms. The van der Waals surface area contributed by atoms with Gasteiger partial charge in [0.1, 0.15) is 17.9 Å². The molecule has 0 aliphatic carbocycles. The van der Waals surface area contributed by atoms with Crippen molar-refractivity contribution in [2.45, 2.75) is 107 Å². The number of ketones is 1. The van der Waals surface area contributed by atoms with Crippen LogP contribution in [-0.4, -0.2) is 171 Å². The zero-order chi connectivity index (χ0) is 44.5. The number of imide groups is 1. The molecule has 6 amide bonds. The van der Waals surface area contributed by atoms with Crippen molar-refractivity contribution in [3.63, 3.8) is 0 Å². The summed E-state index contributed by atoms with van der Waals surface area (Å²) in [4.78, 5) is 125. The van der Waals surface area contributed by atoms with E-state index >= 15 is 0 Å². The monoisotopic (exact) mass is 949 g/mol. The van der Waals surface area contributed by atoms with Gasteiger partial charge < -0.3 is 45.8 Å². The second-order valence-corrected chi connectivity index (χ2v) is 15.3. The summed E-state index contributed by atoms with van der Waals surface area (Å²) in [6, 6.07) is -4.82. The van der Waals surface area contributed by atoms with Crippen molar-refractivity contribution >= 4 is 83.3 Å². The Bertz CT molecular complexity index is 1450. The standard InChI is InChI=1S/C34H54N6O14S2.O.Tc/c1-20(17-55-5)38(3)31(49)24(15-29(46)47)39(4)30(48)22(35-2)11-10-21(42)9-7-6-8-14-40-27(43)16-25(32(40)50)56-18-23(33(51)52)36-34(53)37-26(54-19-41)12-13-28(44)45;;/h19-20,22-26,35H,6-18H2,1-5H3,(H,44,45)(H,46,47)(H,51,52)(H2,36,37,53);;/t20-,22+,23+,24+,25?,26-;;/m1../s1/i;;1+1. The van der Waals surface area contributed by atoms with E-state index in [1.807, 2.05) is 13.2 Å². The average molecular weight is 950 g/mol. The van der Waals surface area contributed by atoms with E-state index in [0.717, 1.165) is 40.4 Å². The van der Waals surface area contributed by atoms with Gasteiger partial charge in [0.15, 0.2) is 6.23 Å². The molecule has 1 fully saturated rings. The van der Waals surface area contributed by atoms with E-state index in [1.54, 1.807) is 7.05 Å². The molecule has 1 unspecified atom stereocenters. The number of ether oxygens (including phenoxy) is 1. The number of nitrogens with zero attached hydrogens (tertiary/aromatic N) is 3. The number of hydrogen-bond acceptors (Lipinski definition) is 15. The number of rotatable bonds is 29. The average Bonchev–Trinajstić information content (AvgIpc) is 3.44. The number of hydrogen-bond donors (Lipinski definition) is 6. The number of likely N-dealkylation sites (N-methyl/N-ethyl adjacent to an activating group) is 3. The Morgan fingerprint density at radius 1 is 0.897 bits per heavy atom. The van der Waals surface area contributed by atoms with Gasteiger partial charge in [0.2, 0.25) is 23.6 Å². The second kappa shape index (κ2) is 29.3. The molecule has 1 heterocycles. The number of thioether (sulfide) groups is 2. The van der Waals surface area contributed by atoms with Crippen LogP contribution < -0.4 is 16.0 Å². The molecule has 1 aliphatic rings. The molecule has 0 radical (unpaired) electrons. The number of carbonyl (C=O) groups excluding carboxylic acids is 7. The third kappa shape index (κ3) is 19.6. The van der Waals surface area contributed by atoms with Gasteiger partial charge in [-0.2, -0.15) is 11.8 Å². The minimum atomic E-state index is -1.50. The number of carboxylic acid groups (broad SMARTS) is 3. The first-order chi connectivity index (χ1) is 27.4. The molecule has 6 N–H and O–H groups in total. The van der Waals surface area contributed by atoms with Crippen LogP contribution in [0.1, 0.15) is 71.1 Å². The molecule has 24 heteroatoms. The summed E-state index contributed by atoms with van der Waals surface area (Å²) in [5.74, 6) is -5.66. The van der Waals surface area contributed by atoms with Crippen molar-refractivity contribution in [2.75, 3.05) is 45.4 Å². The van der Waals surface area contributed by atoms with Crippen LogP contribution in [0.3, 0.4) is 0 Å². The second-order valence-electron chi connectivity index (χ2n) is 13.1. The van der Waals surface area contributed by atoms with E-state index in [0.29, 0.717) is 25.0 Å². The van der Waals surface area contributed by atoms with Crippen molar-refractivity contribution in [2.24, 2.45) is 0 Å². The zero-order valence-corrected chi connectivity index (χ0v) is 36.5. The van der Waals surface area contributed by atoms with Gasteiger partial charge in [0.25, 0.3) is 6.47 Å². The summed E-state index contributed by atoms with van der Waals surface area (Å²) in [5, 5.41) is 34.1. The molecular formula is C34H54N6O15S2Tc. The topological polar surface area (TPSA) is 304 Å². The Morgan fingerprint density at radius 2 is 1.55 bits per heavy atom. The van der Waals surface area contributed by atoms with Crippen LogP contribution in [0.4, 0.5) is 4.79 Å². The molecule has 0 bridgehead atoms. The molecule has 0 saturated carbocycles. The Kier molecular flexibility index (Phi) is 27.2. The van der Waals surface area contributed by atoms with E-state index in [-0.39, 0.29) is 62.7 Å². The van der Waals surface area contributed by atoms with Crippen molar-refractivity contribution < 1.29 is 90.4 Å². The van der Waals surface area contributed by atoms with Gasteiger partial charge in [-0.05, 0) is 39.5 Å². The van der Waals surface area contributed by atoms with Crippen LogP contribution in [-0.2, 0) is 70.2 Å². The summed E-state index contributed by atoms with van der Waals surface area (Å²) in [7, 11) is 4.46. The number of likely N-dealkylation sites (tertiary alicyclic amines) is 1. The molecule has 6 atom stereocenters. The Hall–Kier alpha value is -3.99. The van der Waals surface area contributed by atoms with E-state index in [2.05, 4.69) is 20.7 Å². The van der Waals surface area contributed by atoms with Crippen LogP contribution in [0.15, 0.2) is 0 Å². The summed E-state index contributed by atoms with van der Waals surface area (Å²) < 4.78 is 12.8. The number of nitrogens with one attached hydrogen (secondary N) is 3. The van der Waals surface area contributed by atoms with Crippen LogP contribution in [0.2, 0.25) is 0 Å². The third-order valence-electron chi connectivity index (χ3n) is 8.98. The Morgan fingerprint density at radius 3 is 2.10 bits per heavy atom. The molecule has 0 aromatic carbocycles. The number of aliphatic carboxylic acids is 3. The van der Waals surface area contributed by atoms with Crippen molar-refractivity contribution in [1.82, 2.24) is 30.7 Å². The summed E-state index contributed by atoms with van der Waals surface area (Å²) in [6.07, 6.45) is 0.789. The van der Waals surface area contributed by atoms with E-state index in [4.69, 9.17) is 8.61 Å². The van der Waals surface area contributed by atoms with Gasteiger partial charge in [-0.25, -0.2) is 9.59 Å². The van der Waals surface area contributed by atoms with Gasteiger partial charge in [-0.15, -0.1) is 11.8 Å². The van der Waals surface area contributed by atoms with E-state index in [9.17, 15) is 58.2 Å². The Labute approximate surface area is 355 Å². The SMILES string of the molecule is CN[C@@H](CCC(=O)CCCCCN1C(=O)CC(SC[C@H](NC(=O)N[C@@H](CCC(=O)O)OC=O)C(=O)O)C1=O)C(=O)N(C)[C@@H](CC(=O)O)C(=O)N(C)[C@H](C)CSC.[O]=[99Tc]. The van der Waals surface area contributed by atoms with Crippen molar-refractivity contribution in [3.8, 4) is 0 Å². The van der Waals surface area contributed by atoms with Gasteiger partial charge in [0.05, 0.1) is 24.1 Å². The number of carbonyl (C=O) groups is 10. The van der Waals surface area contributed by atoms with E-state index in [1.165, 1.54) is 30.8 Å². The Balaban J connectivity index is 0.0000160.